The highest BCUT2D eigenvalue weighted by Gasteiger charge is 2.09. The van der Waals surface area contributed by atoms with Crippen molar-refractivity contribution in [2.75, 3.05) is 6.61 Å². The molecule has 0 saturated carbocycles. The average molecular weight is 437 g/mol. The fourth-order valence-corrected chi connectivity index (χ4v) is 2.76. The fourth-order valence-electron chi connectivity index (χ4n) is 2.57. The molecule has 6 nitrogen and oxygen atoms in total. The Labute approximate surface area is 185 Å². The highest BCUT2D eigenvalue weighted by Crippen LogP contribution is 2.17. The summed E-state index contributed by atoms with van der Waals surface area (Å²) in [5.41, 5.74) is 5.75. The predicted octanol–water partition coefficient (Wildman–Crippen LogP) is 4.71. The minimum absolute atomic E-state index is 0.141. The molecule has 3 rings (SSSR count). The van der Waals surface area contributed by atoms with Gasteiger partial charge in [0, 0.05) is 5.02 Å². The number of carbonyl (C=O) groups is 2. The third kappa shape index (κ3) is 6.69. The van der Waals surface area contributed by atoms with Crippen molar-refractivity contribution in [2.24, 2.45) is 5.10 Å². The molecule has 7 heteroatoms. The first kappa shape index (κ1) is 22.1. The van der Waals surface area contributed by atoms with Crippen LogP contribution in [0.4, 0.5) is 0 Å². The number of nitrogens with one attached hydrogen (secondary N) is 1. The molecular weight excluding hydrogens is 416 g/mol. The molecule has 1 N–H and O–H groups in total. The van der Waals surface area contributed by atoms with E-state index >= 15 is 0 Å². The zero-order valence-corrected chi connectivity index (χ0v) is 17.8. The van der Waals surface area contributed by atoms with Crippen molar-refractivity contribution in [1.82, 2.24) is 5.43 Å². The Hall–Kier alpha value is -3.64. The Kier molecular flexibility index (Phi) is 7.40. The third-order valence-corrected chi connectivity index (χ3v) is 4.64. The molecule has 3 aromatic rings. The lowest BCUT2D eigenvalue weighted by Gasteiger charge is -2.07. The van der Waals surface area contributed by atoms with Crippen LogP contribution in [0.5, 0.6) is 11.5 Å². The van der Waals surface area contributed by atoms with Gasteiger partial charge in [-0.2, -0.15) is 5.10 Å². The molecule has 31 heavy (non-hydrogen) atoms. The Morgan fingerprint density at radius 1 is 0.968 bits per heavy atom. The molecule has 0 saturated heterocycles. The lowest BCUT2D eigenvalue weighted by molar-refractivity contribution is -0.123. The van der Waals surface area contributed by atoms with Gasteiger partial charge in [-0.15, -0.1) is 0 Å². The quantitative estimate of drug-likeness (QED) is 0.252. The number of nitrogens with zero attached hydrogens (tertiary/aromatic N) is 1. The van der Waals surface area contributed by atoms with Gasteiger partial charge in [0.05, 0.1) is 11.8 Å². The van der Waals surface area contributed by atoms with Crippen molar-refractivity contribution in [2.45, 2.75) is 13.8 Å². The predicted molar refractivity (Wildman–Crippen MR) is 120 cm³/mol. The standard InChI is InChI=1S/C24H21ClN2O4/c1-16-6-9-22(12-17(16)2)30-15-23(28)27-26-14-18-7-10-21(11-8-18)31-24(29)19-4-3-5-20(25)13-19/h3-14H,15H2,1-2H3,(H,27,28). The van der Waals surface area contributed by atoms with Crippen LogP contribution in [0.25, 0.3) is 0 Å². The molecular formula is C24H21ClN2O4. The number of halogens is 1. The van der Waals surface area contributed by atoms with Crippen molar-refractivity contribution in [3.8, 4) is 11.5 Å². The lowest BCUT2D eigenvalue weighted by atomic mass is 10.1. The van der Waals surface area contributed by atoms with Crippen LogP contribution in [0.1, 0.15) is 27.0 Å². The summed E-state index contributed by atoms with van der Waals surface area (Å²) < 4.78 is 10.8. The van der Waals surface area contributed by atoms with E-state index < -0.39 is 5.97 Å². The number of amides is 1. The molecule has 0 radical (unpaired) electrons. The summed E-state index contributed by atoms with van der Waals surface area (Å²) in [5, 5.41) is 4.37. The molecule has 0 atom stereocenters. The van der Waals surface area contributed by atoms with Crippen LogP contribution in [0.3, 0.4) is 0 Å². The zero-order valence-electron chi connectivity index (χ0n) is 17.1. The van der Waals surface area contributed by atoms with Crippen LogP contribution >= 0.6 is 11.6 Å². The van der Waals surface area contributed by atoms with Crippen LogP contribution in [0.15, 0.2) is 71.8 Å². The number of benzene rings is 3. The van der Waals surface area contributed by atoms with E-state index in [-0.39, 0.29) is 12.5 Å². The van der Waals surface area contributed by atoms with Gasteiger partial charge in [-0.05, 0) is 85.1 Å². The van der Waals surface area contributed by atoms with E-state index in [2.05, 4.69) is 10.5 Å². The van der Waals surface area contributed by atoms with E-state index in [1.807, 2.05) is 32.0 Å². The number of rotatable bonds is 7. The molecule has 0 spiro atoms. The molecule has 0 aliphatic rings. The van der Waals surface area contributed by atoms with Gasteiger partial charge in [0.25, 0.3) is 5.91 Å². The van der Waals surface area contributed by atoms with Gasteiger partial charge in [0.2, 0.25) is 0 Å². The molecule has 0 unspecified atom stereocenters. The Morgan fingerprint density at radius 2 is 1.71 bits per heavy atom. The second kappa shape index (κ2) is 10.4. The van der Waals surface area contributed by atoms with Crippen molar-refractivity contribution in [3.63, 3.8) is 0 Å². The van der Waals surface area contributed by atoms with Gasteiger partial charge in [0.15, 0.2) is 6.61 Å². The summed E-state index contributed by atoms with van der Waals surface area (Å²) in [5.74, 6) is 0.139. The number of hydrazone groups is 1. The van der Waals surface area contributed by atoms with Gasteiger partial charge in [-0.25, -0.2) is 10.2 Å². The normalized spacial score (nSPS) is 10.7. The molecule has 0 aromatic heterocycles. The van der Waals surface area contributed by atoms with Gasteiger partial charge in [-0.1, -0.05) is 23.7 Å². The minimum Gasteiger partial charge on any atom is -0.484 e. The molecule has 1 amide bonds. The summed E-state index contributed by atoms with van der Waals surface area (Å²) in [6, 6.07) is 18.9. The summed E-state index contributed by atoms with van der Waals surface area (Å²) >= 11 is 5.89. The number of aryl methyl sites for hydroxylation is 2. The van der Waals surface area contributed by atoms with Crippen molar-refractivity contribution in [1.29, 1.82) is 0 Å². The lowest BCUT2D eigenvalue weighted by Crippen LogP contribution is -2.24. The first-order valence-electron chi connectivity index (χ1n) is 9.50. The maximum absolute atomic E-state index is 12.1. The molecule has 3 aromatic carbocycles. The molecule has 0 aliphatic carbocycles. The van der Waals surface area contributed by atoms with Gasteiger partial charge in [0.1, 0.15) is 11.5 Å². The number of hydrogen-bond acceptors (Lipinski definition) is 5. The average Bonchev–Trinajstić information content (AvgIpc) is 2.76. The van der Waals surface area contributed by atoms with E-state index in [9.17, 15) is 9.59 Å². The summed E-state index contributed by atoms with van der Waals surface area (Å²) in [4.78, 5) is 24.0. The Balaban J connectivity index is 1.47. The van der Waals surface area contributed by atoms with E-state index in [1.165, 1.54) is 12.3 Å². The number of hydrogen-bond donors (Lipinski definition) is 1. The van der Waals surface area contributed by atoms with E-state index in [1.54, 1.807) is 42.5 Å². The van der Waals surface area contributed by atoms with E-state index in [4.69, 9.17) is 21.1 Å². The molecule has 0 fully saturated rings. The SMILES string of the molecule is Cc1ccc(OCC(=O)NN=Cc2ccc(OC(=O)c3cccc(Cl)c3)cc2)cc1C. The van der Waals surface area contributed by atoms with Crippen LogP contribution in [-0.4, -0.2) is 24.7 Å². The van der Waals surface area contributed by atoms with Gasteiger partial charge >= 0.3 is 5.97 Å². The largest absolute Gasteiger partial charge is 0.484 e. The van der Waals surface area contributed by atoms with E-state index in [0.29, 0.717) is 22.1 Å². The number of carbonyl (C=O) groups excluding carboxylic acids is 2. The second-order valence-corrected chi connectivity index (χ2v) is 7.23. The molecule has 0 aliphatic heterocycles. The van der Waals surface area contributed by atoms with Crippen molar-refractivity contribution in [3.05, 3.63) is 94.0 Å². The maximum Gasteiger partial charge on any atom is 0.343 e. The van der Waals surface area contributed by atoms with Gasteiger partial charge in [-0.3, -0.25) is 4.79 Å². The third-order valence-electron chi connectivity index (χ3n) is 4.40. The first-order chi connectivity index (χ1) is 14.9. The summed E-state index contributed by atoms with van der Waals surface area (Å²) in [6.45, 7) is 3.85. The van der Waals surface area contributed by atoms with Gasteiger partial charge < -0.3 is 9.47 Å². The van der Waals surface area contributed by atoms with E-state index in [0.717, 1.165) is 16.7 Å². The minimum atomic E-state index is -0.500. The second-order valence-electron chi connectivity index (χ2n) is 6.80. The monoisotopic (exact) mass is 436 g/mol. The van der Waals surface area contributed by atoms with Crippen molar-refractivity contribution >= 4 is 29.7 Å². The van der Waals surface area contributed by atoms with Crippen LogP contribution in [0, 0.1) is 13.8 Å². The van der Waals surface area contributed by atoms with Crippen LogP contribution in [-0.2, 0) is 4.79 Å². The highest BCUT2D eigenvalue weighted by atomic mass is 35.5. The first-order valence-corrected chi connectivity index (χ1v) is 9.88. The molecule has 158 valence electrons. The fraction of sp³-hybridized carbons (Fsp3) is 0.125. The Bertz CT molecular complexity index is 1110. The van der Waals surface area contributed by atoms with Crippen LogP contribution in [0.2, 0.25) is 5.02 Å². The smallest absolute Gasteiger partial charge is 0.343 e. The highest BCUT2D eigenvalue weighted by molar-refractivity contribution is 6.30. The van der Waals surface area contributed by atoms with Crippen molar-refractivity contribution < 1.29 is 19.1 Å². The number of esters is 1. The zero-order chi connectivity index (χ0) is 22.2. The molecule has 0 heterocycles. The summed E-state index contributed by atoms with van der Waals surface area (Å²) in [7, 11) is 0. The summed E-state index contributed by atoms with van der Waals surface area (Å²) in [6.07, 6.45) is 1.48. The number of ether oxygens (including phenoxy) is 2. The maximum atomic E-state index is 12.1. The van der Waals surface area contributed by atoms with Crippen LogP contribution < -0.4 is 14.9 Å². The molecule has 0 bridgehead atoms. The topological polar surface area (TPSA) is 77.0 Å². The Morgan fingerprint density at radius 3 is 2.42 bits per heavy atom.